The molecule has 6 heteroatoms. The number of hydrogen-bond donors (Lipinski definition) is 1. The quantitative estimate of drug-likeness (QED) is 0.714. The van der Waals surface area contributed by atoms with Gasteiger partial charge >= 0.3 is 5.97 Å². The first-order chi connectivity index (χ1) is 7.24. The highest BCUT2D eigenvalue weighted by molar-refractivity contribution is 5.73. The number of aromatic nitrogens is 2. The fraction of sp³-hybridized carbons (Fsp3) is 0.444. The Morgan fingerprint density at radius 3 is 3.00 bits per heavy atom. The van der Waals surface area contributed by atoms with E-state index in [1.54, 1.807) is 30.3 Å². The molecule has 1 heterocycles. The highest BCUT2D eigenvalue weighted by atomic mass is 16.5. The third kappa shape index (κ3) is 3.90. The minimum absolute atomic E-state index is 0.109. The van der Waals surface area contributed by atoms with Crippen LogP contribution in [-0.2, 0) is 9.53 Å². The van der Waals surface area contributed by atoms with Gasteiger partial charge in [0.05, 0.1) is 6.61 Å². The first-order valence-electron chi connectivity index (χ1n) is 4.47. The lowest BCUT2D eigenvalue weighted by Crippen LogP contribution is -2.33. The van der Waals surface area contributed by atoms with Crippen molar-refractivity contribution in [1.29, 1.82) is 0 Å². The Morgan fingerprint density at radius 2 is 2.47 bits per heavy atom. The van der Waals surface area contributed by atoms with Crippen LogP contribution in [-0.4, -0.2) is 48.1 Å². The van der Waals surface area contributed by atoms with Gasteiger partial charge in [0.1, 0.15) is 6.54 Å². The fourth-order valence-electron chi connectivity index (χ4n) is 1.10. The molecule has 0 bridgehead atoms. The monoisotopic (exact) mass is 211 g/mol. The van der Waals surface area contributed by atoms with Crippen molar-refractivity contribution in [2.24, 2.45) is 0 Å². The maximum Gasteiger partial charge on any atom is 0.323 e. The standard InChI is InChI=1S/C9H13N3O3/c1-15-6-5-12(7-9(13)14)8-3-2-4-10-11-8/h2-4H,5-7H2,1H3,(H,13,14). The molecular formula is C9H13N3O3. The average molecular weight is 211 g/mol. The average Bonchev–Trinajstić information content (AvgIpc) is 2.25. The van der Waals surface area contributed by atoms with Crippen molar-refractivity contribution in [3.05, 3.63) is 18.3 Å². The van der Waals surface area contributed by atoms with E-state index in [4.69, 9.17) is 9.84 Å². The predicted octanol–water partition coefficient (Wildman–Crippen LogP) is 0.0140. The first-order valence-corrected chi connectivity index (χ1v) is 4.47. The Bertz CT molecular complexity index is 305. The third-order valence-corrected chi connectivity index (χ3v) is 1.77. The van der Waals surface area contributed by atoms with Crippen LogP contribution in [0.3, 0.4) is 0 Å². The lowest BCUT2D eigenvalue weighted by molar-refractivity contribution is -0.135. The van der Waals surface area contributed by atoms with Gasteiger partial charge in [0, 0.05) is 19.9 Å². The van der Waals surface area contributed by atoms with Crippen LogP contribution < -0.4 is 4.90 Å². The van der Waals surface area contributed by atoms with Crippen LogP contribution in [0.25, 0.3) is 0 Å². The maximum absolute atomic E-state index is 10.6. The highest BCUT2D eigenvalue weighted by Crippen LogP contribution is 2.06. The van der Waals surface area contributed by atoms with Crippen LogP contribution in [0.5, 0.6) is 0 Å². The van der Waals surface area contributed by atoms with E-state index >= 15 is 0 Å². The van der Waals surface area contributed by atoms with Gasteiger partial charge in [0.25, 0.3) is 0 Å². The molecule has 0 spiro atoms. The molecule has 1 N–H and O–H groups in total. The molecule has 0 fully saturated rings. The van der Waals surface area contributed by atoms with E-state index in [0.717, 1.165) is 0 Å². The van der Waals surface area contributed by atoms with Gasteiger partial charge in [-0.1, -0.05) is 0 Å². The molecule has 0 amide bonds. The van der Waals surface area contributed by atoms with Crippen molar-refractivity contribution in [2.75, 3.05) is 31.7 Å². The summed E-state index contributed by atoms with van der Waals surface area (Å²) in [5.74, 6) is -0.367. The molecule has 0 radical (unpaired) electrons. The molecule has 0 aromatic carbocycles. The van der Waals surface area contributed by atoms with Crippen molar-refractivity contribution < 1.29 is 14.6 Å². The zero-order valence-electron chi connectivity index (χ0n) is 8.46. The van der Waals surface area contributed by atoms with Crippen LogP contribution in [0.15, 0.2) is 18.3 Å². The van der Waals surface area contributed by atoms with Crippen molar-refractivity contribution in [3.8, 4) is 0 Å². The van der Waals surface area contributed by atoms with Crippen molar-refractivity contribution in [2.45, 2.75) is 0 Å². The van der Waals surface area contributed by atoms with E-state index in [0.29, 0.717) is 19.0 Å². The summed E-state index contributed by atoms with van der Waals surface area (Å²) >= 11 is 0. The Hall–Kier alpha value is -1.69. The molecule has 0 aliphatic carbocycles. The summed E-state index contributed by atoms with van der Waals surface area (Å²) in [6.45, 7) is 0.813. The molecule has 0 aliphatic rings. The third-order valence-electron chi connectivity index (χ3n) is 1.77. The lowest BCUT2D eigenvalue weighted by Gasteiger charge is -2.20. The number of ether oxygens (including phenoxy) is 1. The number of aliphatic carboxylic acids is 1. The number of carbonyl (C=O) groups is 1. The number of carboxylic acid groups (broad SMARTS) is 1. The minimum atomic E-state index is -0.906. The summed E-state index contributed by atoms with van der Waals surface area (Å²) in [5, 5.41) is 16.3. The SMILES string of the molecule is COCCN(CC(=O)O)c1cccnn1. The lowest BCUT2D eigenvalue weighted by atomic mass is 10.4. The molecule has 0 unspecified atom stereocenters. The van der Waals surface area contributed by atoms with Crippen molar-refractivity contribution >= 4 is 11.8 Å². The zero-order chi connectivity index (χ0) is 11.1. The fourth-order valence-corrected chi connectivity index (χ4v) is 1.10. The second-order valence-corrected chi connectivity index (χ2v) is 2.89. The molecule has 0 saturated carbocycles. The first kappa shape index (κ1) is 11.4. The summed E-state index contributed by atoms with van der Waals surface area (Å²) in [7, 11) is 1.57. The summed E-state index contributed by atoms with van der Waals surface area (Å²) in [6.07, 6.45) is 1.54. The minimum Gasteiger partial charge on any atom is -0.480 e. The number of methoxy groups -OCH3 is 1. The Kier molecular flexibility index (Phi) is 4.49. The normalized spacial score (nSPS) is 9.93. The summed E-state index contributed by atoms with van der Waals surface area (Å²) < 4.78 is 4.89. The molecular weight excluding hydrogens is 198 g/mol. The van der Waals surface area contributed by atoms with Crippen molar-refractivity contribution in [3.63, 3.8) is 0 Å². The van der Waals surface area contributed by atoms with Crippen LogP contribution >= 0.6 is 0 Å². The topological polar surface area (TPSA) is 75.5 Å². The number of carboxylic acids is 1. The van der Waals surface area contributed by atoms with Crippen LogP contribution in [0.1, 0.15) is 0 Å². The molecule has 1 aromatic rings. The second kappa shape index (κ2) is 5.92. The number of nitrogens with zero attached hydrogens (tertiary/aromatic N) is 3. The van der Waals surface area contributed by atoms with E-state index < -0.39 is 5.97 Å². The van der Waals surface area contributed by atoms with E-state index in [-0.39, 0.29) is 6.54 Å². The van der Waals surface area contributed by atoms with Gasteiger partial charge in [-0.3, -0.25) is 4.79 Å². The smallest absolute Gasteiger partial charge is 0.323 e. The van der Waals surface area contributed by atoms with Gasteiger partial charge in [-0.25, -0.2) is 0 Å². The second-order valence-electron chi connectivity index (χ2n) is 2.89. The van der Waals surface area contributed by atoms with Gasteiger partial charge < -0.3 is 14.7 Å². The number of rotatable bonds is 6. The maximum atomic E-state index is 10.6. The van der Waals surface area contributed by atoms with Crippen LogP contribution in [0, 0.1) is 0 Å². The predicted molar refractivity (Wildman–Crippen MR) is 53.8 cm³/mol. The number of hydrogen-bond acceptors (Lipinski definition) is 5. The molecule has 1 rings (SSSR count). The van der Waals surface area contributed by atoms with Gasteiger partial charge in [-0.15, -0.1) is 5.10 Å². The molecule has 82 valence electrons. The van der Waals surface area contributed by atoms with Gasteiger partial charge in [0.2, 0.25) is 0 Å². The Labute approximate surface area is 87.5 Å². The molecule has 0 atom stereocenters. The number of anilines is 1. The van der Waals surface area contributed by atoms with E-state index in [1.165, 1.54) is 0 Å². The van der Waals surface area contributed by atoms with Crippen LogP contribution in [0.2, 0.25) is 0 Å². The summed E-state index contributed by atoms with van der Waals surface area (Å²) in [4.78, 5) is 12.2. The molecule has 0 saturated heterocycles. The largest absolute Gasteiger partial charge is 0.480 e. The van der Waals surface area contributed by atoms with E-state index in [2.05, 4.69) is 10.2 Å². The summed E-state index contributed by atoms with van der Waals surface area (Å²) in [5.41, 5.74) is 0. The zero-order valence-corrected chi connectivity index (χ0v) is 8.46. The highest BCUT2D eigenvalue weighted by Gasteiger charge is 2.11. The molecule has 0 aliphatic heterocycles. The van der Waals surface area contributed by atoms with E-state index in [1.807, 2.05) is 0 Å². The van der Waals surface area contributed by atoms with Crippen molar-refractivity contribution in [1.82, 2.24) is 10.2 Å². The molecule has 15 heavy (non-hydrogen) atoms. The van der Waals surface area contributed by atoms with Crippen LogP contribution in [0.4, 0.5) is 5.82 Å². The Balaban J connectivity index is 2.67. The Morgan fingerprint density at radius 1 is 1.67 bits per heavy atom. The van der Waals surface area contributed by atoms with Gasteiger partial charge in [-0.05, 0) is 12.1 Å². The summed E-state index contributed by atoms with van der Waals surface area (Å²) in [6, 6.07) is 3.43. The van der Waals surface area contributed by atoms with Gasteiger partial charge in [0.15, 0.2) is 5.82 Å². The molecule has 1 aromatic heterocycles. The van der Waals surface area contributed by atoms with E-state index in [9.17, 15) is 4.79 Å². The molecule has 6 nitrogen and oxygen atoms in total. The van der Waals surface area contributed by atoms with Gasteiger partial charge in [-0.2, -0.15) is 5.10 Å².